The first-order valence-corrected chi connectivity index (χ1v) is 8.41. The molecule has 0 bridgehead atoms. The lowest BCUT2D eigenvalue weighted by Crippen LogP contribution is -2.32. The number of carbonyl (C=O) groups excluding carboxylic acids is 1. The Bertz CT molecular complexity index is 687. The van der Waals surface area contributed by atoms with Crippen molar-refractivity contribution in [1.29, 1.82) is 0 Å². The summed E-state index contributed by atoms with van der Waals surface area (Å²) in [6.45, 7) is 3.72. The molecule has 2 atom stereocenters. The molecule has 4 heteroatoms. The summed E-state index contributed by atoms with van der Waals surface area (Å²) in [6.07, 6.45) is 0.377. The van der Waals surface area contributed by atoms with Crippen molar-refractivity contribution < 1.29 is 9.53 Å². The highest BCUT2D eigenvalue weighted by molar-refractivity contribution is 5.77. The van der Waals surface area contributed by atoms with Crippen molar-refractivity contribution in [3.63, 3.8) is 0 Å². The van der Waals surface area contributed by atoms with Gasteiger partial charge in [0.1, 0.15) is 5.75 Å². The van der Waals surface area contributed by atoms with E-state index in [0.29, 0.717) is 26.1 Å². The molecule has 24 heavy (non-hydrogen) atoms. The summed E-state index contributed by atoms with van der Waals surface area (Å²) in [4.78, 5) is 14.3. The minimum Gasteiger partial charge on any atom is -0.493 e. The standard InChI is InChI=1S/C20H24N2O2/c1-15-6-5-9-17(12-15)24-11-10-20(23)22-13-18(19(21)14-22)16-7-3-2-4-8-16/h2-9,12,18-19H,10-11,13-14,21H2,1H3/t18-,19+/m0/s1. The van der Waals surface area contributed by atoms with Crippen molar-refractivity contribution in [3.8, 4) is 5.75 Å². The fourth-order valence-corrected chi connectivity index (χ4v) is 3.20. The highest BCUT2D eigenvalue weighted by Gasteiger charge is 2.33. The monoisotopic (exact) mass is 324 g/mol. The van der Waals surface area contributed by atoms with Crippen LogP contribution in [0.25, 0.3) is 0 Å². The molecule has 2 N–H and O–H groups in total. The molecule has 4 nitrogen and oxygen atoms in total. The maximum atomic E-state index is 12.4. The van der Waals surface area contributed by atoms with Crippen molar-refractivity contribution in [2.45, 2.75) is 25.3 Å². The second-order valence-corrected chi connectivity index (χ2v) is 6.39. The fraction of sp³-hybridized carbons (Fsp3) is 0.350. The molecule has 126 valence electrons. The summed E-state index contributed by atoms with van der Waals surface area (Å²) in [5.41, 5.74) is 8.60. The maximum absolute atomic E-state index is 12.4. The van der Waals surface area contributed by atoms with Crippen LogP contribution >= 0.6 is 0 Å². The van der Waals surface area contributed by atoms with E-state index in [1.54, 1.807) is 0 Å². The smallest absolute Gasteiger partial charge is 0.226 e. The third-order valence-corrected chi connectivity index (χ3v) is 4.52. The van der Waals surface area contributed by atoms with Gasteiger partial charge in [0, 0.05) is 25.0 Å². The number of benzene rings is 2. The number of hydrogen-bond acceptors (Lipinski definition) is 3. The van der Waals surface area contributed by atoms with Crippen LogP contribution in [0.15, 0.2) is 54.6 Å². The number of nitrogens with zero attached hydrogens (tertiary/aromatic N) is 1. The van der Waals surface area contributed by atoms with Crippen LogP contribution in [-0.2, 0) is 4.79 Å². The zero-order valence-electron chi connectivity index (χ0n) is 14.0. The van der Waals surface area contributed by atoms with Gasteiger partial charge < -0.3 is 15.4 Å². The topological polar surface area (TPSA) is 55.6 Å². The molecule has 1 aliphatic heterocycles. The van der Waals surface area contributed by atoms with E-state index < -0.39 is 0 Å². The van der Waals surface area contributed by atoms with Crippen LogP contribution in [-0.4, -0.2) is 36.5 Å². The van der Waals surface area contributed by atoms with Gasteiger partial charge in [-0.25, -0.2) is 0 Å². The molecule has 0 radical (unpaired) electrons. The van der Waals surface area contributed by atoms with Gasteiger partial charge in [-0.1, -0.05) is 42.5 Å². The molecule has 0 saturated carbocycles. The van der Waals surface area contributed by atoms with Crippen molar-refractivity contribution in [2.75, 3.05) is 19.7 Å². The Morgan fingerprint density at radius 3 is 2.71 bits per heavy atom. The molecule has 2 aromatic carbocycles. The Kier molecular flexibility index (Phi) is 5.16. The van der Waals surface area contributed by atoms with E-state index in [9.17, 15) is 4.79 Å². The Morgan fingerprint density at radius 1 is 1.17 bits per heavy atom. The number of carbonyl (C=O) groups is 1. The minimum atomic E-state index is -0.00552. The summed E-state index contributed by atoms with van der Waals surface area (Å²) < 4.78 is 5.68. The highest BCUT2D eigenvalue weighted by Crippen LogP contribution is 2.26. The summed E-state index contributed by atoms with van der Waals surface area (Å²) in [7, 11) is 0. The Labute approximate surface area is 143 Å². The van der Waals surface area contributed by atoms with E-state index >= 15 is 0 Å². The SMILES string of the molecule is Cc1cccc(OCCC(=O)N2C[C@@H](N)[C@H](c3ccccc3)C2)c1. The molecule has 1 fully saturated rings. The molecule has 0 aromatic heterocycles. The summed E-state index contributed by atoms with van der Waals surface area (Å²) in [5.74, 6) is 1.13. The van der Waals surface area contributed by atoms with Crippen molar-refractivity contribution >= 4 is 5.91 Å². The number of aryl methyl sites for hydroxylation is 1. The zero-order valence-corrected chi connectivity index (χ0v) is 14.0. The lowest BCUT2D eigenvalue weighted by Gasteiger charge is -2.17. The fourth-order valence-electron chi connectivity index (χ4n) is 3.20. The third-order valence-electron chi connectivity index (χ3n) is 4.52. The number of likely N-dealkylation sites (tertiary alicyclic amines) is 1. The van der Waals surface area contributed by atoms with E-state index in [1.165, 1.54) is 5.56 Å². The van der Waals surface area contributed by atoms with Crippen molar-refractivity contribution in [3.05, 3.63) is 65.7 Å². The lowest BCUT2D eigenvalue weighted by molar-refractivity contribution is -0.130. The summed E-state index contributed by atoms with van der Waals surface area (Å²) in [5, 5.41) is 0. The number of hydrogen-bond donors (Lipinski definition) is 1. The van der Waals surface area contributed by atoms with Crippen LogP contribution in [0.2, 0.25) is 0 Å². The van der Waals surface area contributed by atoms with Gasteiger partial charge in [0.25, 0.3) is 0 Å². The van der Waals surface area contributed by atoms with E-state index in [4.69, 9.17) is 10.5 Å². The number of amides is 1. The van der Waals surface area contributed by atoms with Crippen LogP contribution in [0, 0.1) is 6.92 Å². The van der Waals surface area contributed by atoms with E-state index in [1.807, 2.05) is 54.3 Å². The Balaban J connectivity index is 1.51. The normalized spacial score (nSPS) is 20.2. The number of nitrogens with two attached hydrogens (primary N) is 1. The predicted molar refractivity (Wildman–Crippen MR) is 95.0 cm³/mol. The largest absolute Gasteiger partial charge is 0.493 e. The molecule has 1 heterocycles. The van der Waals surface area contributed by atoms with Gasteiger partial charge in [-0.2, -0.15) is 0 Å². The Hall–Kier alpha value is -2.33. The molecule has 0 spiro atoms. The van der Waals surface area contributed by atoms with E-state index in [2.05, 4.69) is 12.1 Å². The average molecular weight is 324 g/mol. The molecule has 0 aliphatic carbocycles. The van der Waals surface area contributed by atoms with Gasteiger partial charge in [-0.15, -0.1) is 0 Å². The molecule has 3 rings (SSSR count). The van der Waals surface area contributed by atoms with Gasteiger partial charge in [-0.3, -0.25) is 4.79 Å². The van der Waals surface area contributed by atoms with Gasteiger partial charge in [-0.05, 0) is 30.2 Å². The quantitative estimate of drug-likeness (QED) is 0.920. The molecule has 1 amide bonds. The van der Waals surface area contributed by atoms with Crippen LogP contribution in [0.4, 0.5) is 0 Å². The van der Waals surface area contributed by atoms with Gasteiger partial charge in [0.05, 0.1) is 13.0 Å². The molecule has 2 aromatic rings. The summed E-state index contributed by atoms with van der Waals surface area (Å²) >= 11 is 0. The average Bonchev–Trinajstić information content (AvgIpc) is 2.98. The second-order valence-electron chi connectivity index (χ2n) is 6.39. The first kappa shape index (κ1) is 16.5. The first-order chi connectivity index (χ1) is 11.6. The maximum Gasteiger partial charge on any atom is 0.226 e. The predicted octanol–water partition coefficient (Wildman–Crippen LogP) is 2.72. The van der Waals surface area contributed by atoms with Crippen LogP contribution in [0.5, 0.6) is 5.75 Å². The lowest BCUT2D eigenvalue weighted by atomic mass is 9.95. The van der Waals surface area contributed by atoms with Crippen LogP contribution in [0.1, 0.15) is 23.5 Å². The molecular formula is C20H24N2O2. The molecule has 1 saturated heterocycles. The molecule has 1 aliphatic rings. The summed E-state index contributed by atoms with van der Waals surface area (Å²) in [6, 6.07) is 18.0. The first-order valence-electron chi connectivity index (χ1n) is 8.41. The minimum absolute atomic E-state index is 0.00552. The van der Waals surface area contributed by atoms with Gasteiger partial charge in [0.15, 0.2) is 0 Å². The van der Waals surface area contributed by atoms with Crippen molar-refractivity contribution in [2.24, 2.45) is 5.73 Å². The van der Waals surface area contributed by atoms with Crippen LogP contribution < -0.4 is 10.5 Å². The highest BCUT2D eigenvalue weighted by atomic mass is 16.5. The number of rotatable bonds is 5. The van der Waals surface area contributed by atoms with E-state index in [-0.39, 0.29) is 17.9 Å². The molecule has 0 unspecified atom stereocenters. The van der Waals surface area contributed by atoms with Crippen LogP contribution in [0.3, 0.4) is 0 Å². The molecular weight excluding hydrogens is 300 g/mol. The Morgan fingerprint density at radius 2 is 1.96 bits per heavy atom. The zero-order chi connectivity index (χ0) is 16.9. The number of ether oxygens (including phenoxy) is 1. The van der Waals surface area contributed by atoms with Gasteiger partial charge in [0.2, 0.25) is 5.91 Å². The van der Waals surface area contributed by atoms with Gasteiger partial charge >= 0.3 is 0 Å². The second kappa shape index (κ2) is 7.49. The third kappa shape index (κ3) is 3.95. The van der Waals surface area contributed by atoms with Crippen molar-refractivity contribution in [1.82, 2.24) is 4.90 Å². The van der Waals surface area contributed by atoms with E-state index in [0.717, 1.165) is 11.3 Å².